The second kappa shape index (κ2) is 11.7. The number of rotatable bonds is 8. The number of fused-ring (bicyclic) bond motifs is 2. The van der Waals surface area contributed by atoms with E-state index >= 15 is 0 Å². The minimum absolute atomic E-state index is 0.0104. The van der Waals surface area contributed by atoms with Crippen LogP contribution < -0.4 is 19.6 Å². The van der Waals surface area contributed by atoms with Gasteiger partial charge in [0.05, 0.1) is 22.2 Å². The van der Waals surface area contributed by atoms with Crippen LogP contribution >= 0.6 is 0 Å². The van der Waals surface area contributed by atoms with Gasteiger partial charge in [-0.1, -0.05) is 42.5 Å². The predicted molar refractivity (Wildman–Crippen MR) is 155 cm³/mol. The van der Waals surface area contributed by atoms with E-state index in [1.54, 1.807) is 60.7 Å². The maximum absolute atomic E-state index is 12.8. The first kappa shape index (κ1) is 26.3. The summed E-state index contributed by atoms with van der Waals surface area (Å²) < 4.78 is 23.3. The van der Waals surface area contributed by atoms with Crippen LogP contribution in [0.1, 0.15) is 27.4 Å². The van der Waals surface area contributed by atoms with E-state index in [1.807, 2.05) is 48.5 Å². The van der Waals surface area contributed by atoms with Crippen LogP contribution in [0.4, 0.5) is 0 Å². The summed E-state index contributed by atoms with van der Waals surface area (Å²) in [7, 11) is 0. The first-order chi connectivity index (χ1) is 20.6. The average Bonchev–Trinajstić information content (AvgIpc) is 3.03. The van der Waals surface area contributed by atoms with Gasteiger partial charge in [0, 0.05) is 23.1 Å². The third-order valence-electron chi connectivity index (χ3n) is 6.49. The van der Waals surface area contributed by atoms with Gasteiger partial charge in [-0.3, -0.25) is 4.79 Å². The molecule has 0 saturated carbocycles. The van der Waals surface area contributed by atoms with Crippen LogP contribution in [0.3, 0.4) is 0 Å². The number of carbonyl (C=O) groups is 1. The SMILES string of the molecule is N#Cc1cc(=O)c2ccc(OCc3cc(OCc4ccc5ccccc5n4)ccc3OC(=O)c3ccccc3)cc2o1. The number of nitrogens with zero attached hydrogens (tertiary/aromatic N) is 2. The Hall–Kier alpha value is -5.94. The van der Waals surface area contributed by atoms with Gasteiger partial charge in [-0.05, 0) is 54.6 Å². The van der Waals surface area contributed by atoms with Crippen molar-refractivity contribution in [3.63, 3.8) is 0 Å². The van der Waals surface area contributed by atoms with Gasteiger partial charge < -0.3 is 18.6 Å². The smallest absolute Gasteiger partial charge is 0.343 e. The van der Waals surface area contributed by atoms with Crippen molar-refractivity contribution in [1.29, 1.82) is 5.26 Å². The van der Waals surface area contributed by atoms with Crippen molar-refractivity contribution in [2.75, 3.05) is 0 Å². The number of ether oxygens (including phenoxy) is 3. The molecule has 8 heteroatoms. The van der Waals surface area contributed by atoms with Crippen molar-refractivity contribution in [2.24, 2.45) is 0 Å². The van der Waals surface area contributed by atoms with Crippen molar-refractivity contribution in [2.45, 2.75) is 13.2 Å². The molecule has 0 amide bonds. The van der Waals surface area contributed by atoms with Gasteiger partial charge in [-0.2, -0.15) is 5.26 Å². The summed E-state index contributed by atoms with van der Waals surface area (Å²) in [6.45, 7) is 0.246. The third-order valence-corrected chi connectivity index (χ3v) is 6.49. The van der Waals surface area contributed by atoms with Crippen molar-refractivity contribution in [1.82, 2.24) is 4.98 Å². The zero-order chi connectivity index (χ0) is 28.9. The monoisotopic (exact) mass is 554 g/mol. The molecule has 204 valence electrons. The zero-order valence-corrected chi connectivity index (χ0v) is 22.2. The van der Waals surface area contributed by atoms with Crippen molar-refractivity contribution in [3.05, 3.63) is 142 Å². The second-order valence-corrected chi connectivity index (χ2v) is 9.34. The first-order valence-corrected chi connectivity index (χ1v) is 13.0. The number of nitriles is 1. The highest BCUT2D eigenvalue weighted by Gasteiger charge is 2.15. The van der Waals surface area contributed by atoms with Gasteiger partial charge in [0.25, 0.3) is 0 Å². The highest BCUT2D eigenvalue weighted by atomic mass is 16.5. The van der Waals surface area contributed by atoms with Gasteiger partial charge in [-0.15, -0.1) is 0 Å². The number of esters is 1. The number of hydrogen-bond acceptors (Lipinski definition) is 8. The minimum Gasteiger partial charge on any atom is -0.489 e. The molecule has 0 unspecified atom stereocenters. The molecule has 0 saturated heterocycles. The molecule has 0 bridgehead atoms. The van der Waals surface area contributed by atoms with E-state index in [-0.39, 0.29) is 30.0 Å². The first-order valence-electron chi connectivity index (χ1n) is 13.0. The molecule has 4 aromatic carbocycles. The van der Waals surface area contributed by atoms with Crippen LogP contribution in [0.2, 0.25) is 0 Å². The molecule has 0 aliphatic heterocycles. The molecule has 6 aromatic rings. The van der Waals surface area contributed by atoms with E-state index in [0.29, 0.717) is 33.8 Å². The minimum atomic E-state index is -0.512. The van der Waals surface area contributed by atoms with Gasteiger partial charge in [0.15, 0.2) is 5.43 Å². The Kier molecular flexibility index (Phi) is 7.30. The molecule has 0 aliphatic carbocycles. The topological polar surface area (TPSA) is 112 Å². The Balaban J connectivity index is 1.25. The fraction of sp³-hybridized carbons (Fsp3) is 0.0588. The molecule has 0 atom stereocenters. The number of pyridine rings is 1. The summed E-state index contributed by atoms with van der Waals surface area (Å²) in [6, 6.07) is 33.3. The van der Waals surface area contributed by atoms with Crippen LogP contribution in [0.15, 0.2) is 118 Å². The highest BCUT2D eigenvalue weighted by molar-refractivity contribution is 5.91. The molecule has 0 fully saturated rings. The summed E-state index contributed by atoms with van der Waals surface area (Å²) in [5.41, 5.74) is 2.51. The lowest BCUT2D eigenvalue weighted by Crippen LogP contribution is -2.11. The summed E-state index contributed by atoms with van der Waals surface area (Å²) in [4.78, 5) is 29.7. The Morgan fingerprint density at radius 2 is 1.57 bits per heavy atom. The van der Waals surface area contributed by atoms with Crippen LogP contribution in [0, 0.1) is 11.3 Å². The number of para-hydroxylation sites is 1. The Morgan fingerprint density at radius 3 is 2.43 bits per heavy atom. The maximum atomic E-state index is 12.8. The van der Waals surface area contributed by atoms with E-state index in [1.165, 1.54) is 0 Å². The highest BCUT2D eigenvalue weighted by Crippen LogP contribution is 2.28. The van der Waals surface area contributed by atoms with Gasteiger partial charge in [-0.25, -0.2) is 9.78 Å². The molecule has 0 spiro atoms. The number of carbonyl (C=O) groups excluding carboxylic acids is 1. The molecular formula is C34H22N2O6. The number of benzene rings is 4. The lowest BCUT2D eigenvalue weighted by molar-refractivity contribution is 0.0731. The van der Waals surface area contributed by atoms with Gasteiger partial charge in [0.2, 0.25) is 5.76 Å². The lowest BCUT2D eigenvalue weighted by atomic mass is 10.2. The van der Waals surface area contributed by atoms with Gasteiger partial charge >= 0.3 is 5.97 Å². The molecule has 0 radical (unpaired) electrons. The van der Waals surface area contributed by atoms with Crippen LogP contribution in [0.5, 0.6) is 17.2 Å². The van der Waals surface area contributed by atoms with Crippen LogP contribution in [-0.2, 0) is 13.2 Å². The second-order valence-electron chi connectivity index (χ2n) is 9.34. The molecule has 2 aromatic heterocycles. The quantitative estimate of drug-likeness (QED) is 0.153. The number of aromatic nitrogens is 1. The molecular weight excluding hydrogens is 532 g/mol. The van der Waals surface area contributed by atoms with E-state index < -0.39 is 5.97 Å². The molecule has 8 nitrogen and oxygen atoms in total. The summed E-state index contributed by atoms with van der Waals surface area (Å²) in [5.74, 6) is 0.631. The van der Waals surface area contributed by atoms with Crippen molar-refractivity contribution in [3.8, 4) is 23.3 Å². The number of hydrogen-bond donors (Lipinski definition) is 0. The van der Waals surface area contributed by atoms with E-state index in [0.717, 1.165) is 22.7 Å². The standard InChI is InChI=1S/C34H22N2O6/c35-19-28-17-31(37)29-14-12-27(18-33(29)41-28)39-20-24-16-26(13-15-32(24)42-34(38)23-7-2-1-3-8-23)40-21-25-11-10-22-6-4-5-9-30(22)36-25/h1-18H,20-21H2. The molecule has 2 heterocycles. The fourth-order valence-corrected chi connectivity index (χ4v) is 4.38. The summed E-state index contributed by atoms with van der Waals surface area (Å²) >= 11 is 0. The van der Waals surface area contributed by atoms with Crippen molar-refractivity contribution < 1.29 is 23.4 Å². The van der Waals surface area contributed by atoms with Gasteiger partial charge in [0.1, 0.15) is 42.1 Å². The molecule has 0 aliphatic rings. The van der Waals surface area contributed by atoms with E-state index in [4.69, 9.17) is 23.9 Å². The Bertz CT molecular complexity index is 2030. The zero-order valence-electron chi connectivity index (χ0n) is 22.2. The normalized spacial score (nSPS) is 10.7. The molecule has 6 rings (SSSR count). The average molecular weight is 555 g/mol. The summed E-state index contributed by atoms with van der Waals surface area (Å²) in [5, 5.41) is 10.5. The van der Waals surface area contributed by atoms with Crippen LogP contribution in [-0.4, -0.2) is 11.0 Å². The third kappa shape index (κ3) is 5.81. The maximum Gasteiger partial charge on any atom is 0.343 e. The lowest BCUT2D eigenvalue weighted by Gasteiger charge is -2.14. The van der Waals surface area contributed by atoms with Crippen LogP contribution in [0.25, 0.3) is 21.9 Å². The van der Waals surface area contributed by atoms with E-state index in [9.17, 15) is 9.59 Å². The van der Waals surface area contributed by atoms with E-state index in [2.05, 4.69) is 4.98 Å². The fourth-order valence-electron chi connectivity index (χ4n) is 4.38. The molecule has 42 heavy (non-hydrogen) atoms. The Morgan fingerprint density at radius 1 is 0.810 bits per heavy atom. The predicted octanol–water partition coefficient (Wildman–Crippen LogP) is 6.59. The summed E-state index contributed by atoms with van der Waals surface area (Å²) in [6.07, 6.45) is 0. The molecule has 0 N–H and O–H groups in total. The largest absolute Gasteiger partial charge is 0.489 e. The Labute approximate surface area is 240 Å². The van der Waals surface area contributed by atoms with Crippen molar-refractivity contribution >= 4 is 27.8 Å².